The average Bonchev–Trinajstić information content (AvgIpc) is 2.89. The van der Waals surface area contributed by atoms with E-state index in [0.717, 1.165) is 0 Å². The molecule has 1 atom stereocenters. The SMILES string of the molecule is COc1ccc(C(O)c2ccc(OP(=O)(c3ccccc3)c3ccccc3)cc2)c(OC)c1. The molecule has 0 aliphatic heterocycles. The summed E-state index contributed by atoms with van der Waals surface area (Å²) in [6.07, 6.45) is -0.907. The van der Waals surface area contributed by atoms with Crippen LogP contribution < -0.4 is 24.6 Å². The second kappa shape index (κ2) is 9.95. The summed E-state index contributed by atoms with van der Waals surface area (Å²) in [6.45, 7) is 0. The Kier molecular flexibility index (Phi) is 6.83. The molecule has 0 bridgehead atoms. The van der Waals surface area contributed by atoms with Crippen LogP contribution in [-0.2, 0) is 4.57 Å². The molecule has 0 aromatic heterocycles. The van der Waals surface area contributed by atoms with Gasteiger partial charge in [-0.2, -0.15) is 0 Å². The zero-order valence-corrected chi connectivity index (χ0v) is 19.3. The maximum atomic E-state index is 14.1. The molecule has 0 heterocycles. The van der Waals surface area contributed by atoms with E-state index in [4.69, 9.17) is 14.0 Å². The molecule has 1 unspecified atom stereocenters. The molecular weight excluding hydrogens is 435 g/mol. The Bertz CT molecular complexity index is 1200. The van der Waals surface area contributed by atoms with Gasteiger partial charge in [-0.25, -0.2) is 0 Å². The van der Waals surface area contributed by atoms with Gasteiger partial charge < -0.3 is 19.1 Å². The molecule has 4 aromatic rings. The zero-order valence-electron chi connectivity index (χ0n) is 18.4. The Morgan fingerprint density at radius 3 is 1.76 bits per heavy atom. The lowest BCUT2D eigenvalue weighted by Crippen LogP contribution is -2.20. The van der Waals surface area contributed by atoms with E-state index in [-0.39, 0.29) is 0 Å². The second-order valence-corrected chi connectivity index (χ2v) is 9.71. The van der Waals surface area contributed by atoms with E-state index in [1.165, 1.54) is 0 Å². The summed E-state index contributed by atoms with van der Waals surface area (Å²) in [5.74, 6) is 1.62. The van der Waals surface area contributed by atoms with E-state index in [9.17, 15) is 9.67 Å². The summed E-state index contributed by atoms with van der Waals surface area (Å²) < 4.78 is 30.8. The molecule has 6 heteroatoms. The first-order valence-electron chi connectivity index (χ1n) is 10.5. The third-order valence-corrected chi connectivity index (χ3v) is 7.78. The molecule has 0 aliphatic carbocycles. The highest BCUT2D eigenvalue weighted by atomic mass is 31.2. The molecule has 0 spiro atoms. The van der Waals surface area contributed by atoms with E-state index >= 15 is 0 Å². The van der Waals surface area contributed by atoms with Gasteiger partial charge in [-0.05, 0) is 54.1 Å². The van der Waals surface area contributed by atoms with Crippen LogP contribution in [0.5, 0.6) is 17.2 Å². The summed E-state index contributed by atoms with van der Waals surface area (Å²) in [5, 5.41) is 12.2. The van der Waals surface area contributed by atoms with Gasteiger partial charge in [-0.3, -0.25) is 4.57 Å². The topological polar surface area (TPSA) is 65.0 Å². The number of hydrogen-bond acceptors (Lipinski definition) is 5. The first kappa shape index (κ1) is 22.7. The highest BCUT2D eigenvalue weighted by Gasteiger charge is 2.30. The van der Waals surface area contributed by atoms with Gasteiger partial charge in [0.05, 0.1) is 24.8 Å². The fraction of sp³-hybridized carbons (Fsp3) is 0.111. The molecule has 5 nitrogen and oxygen atoms in total. The van der Waals surface area contributed by atoms with Crippen LogP contribution in [0.25, 0.3) is 0 Å². The summed E-state index contributed by atoms with van der Waals surface area (Å²) >= 11 is 0. The van der Waals surface area contributed by atoms with Crippen molar-refractivity contribution in [3.05, 3.63) is 114 Å². The maximum absolute atomic E-state index is 14.1. The molecule has 0 aliphatic rings. The predicted octanol–water partition coefficient (Wildman–Crippen LogP) is 5.09. The Labute approximate surface area is 193 Å². The van der Waals surface area contributed by atoms with Crippen LogP contribution in [-0.4, -0.2) is 19.3 Å². The van der Waals surface area contributed by atoms with Crippen molar-refractivity contribution in [1.29, 1.82) is 0 Å². The lowest BCUT2D eigenvalue weighted by atomic mass is 10.0. The van der Waals surface area contributed by atoms with Gasteiger partial charge in [-0.1, -0.05) is 48.5 Å². The first-order valence-corrected chi connectivity index (χ1v) is 12.1. The minimum absolute atomic E-state index is 0.448. The van der Waals surface area contributed by atoms with Crippen LogP contribution in [0.1, 0.15) is 17.2 Å². The van der Waals surface area contributed by atoms with Gasteiger partial charge in [0.1, 0.15) is 23.4 Å². The van der Waals surface area contributed by atoms with E-state index in [0.29, 0.717) is 39.0 Å². The normalized spacial score (nSPS) is 12.1. The minimum atomic E-state index is -3.36. The number of aliphatic hydroxyl groups excluding tert-OH is 1. The fourth-order valence-corrected chi connectivity index (χ4v) is 5.64. The fourth-order valence-electron chi connectivity index (χ4n) is 3.59. The van der Waals surface area contributed by atoms with Crippen molar-refractivity contribution in [1.82, 2.24) is 0 Å². The molecule has 168 valence electrons. The number of ether oxygens (including phenoxy) is 2. The van der Waals surface area contributed by atoms with Crippen LogP contribution in [0.3, 0.4) is 0 Å². The number of rotatable bonds is 8. The van der Waals surface area contributed by atoms with Crippen LogP contribution in [0, 0.1) is 0 Å². The Balaban J connectivity index is 1.63. The number of aliphatic hydroxyl groups is 1. The molecule has 1 N–H and O–H groups in total. The third kappa shape index (κ3) is 4.80. The van der Waals surface area contributed by atoms with Crippen molar-refractivity contribution >= 4 is 18.0 Å². The summed E-state index contributed by atoms with van der Waals surface area (Å²) in [5.41, 5.74) is 1.27. The lowest BCUT2D eigenvalue weighted by molar-refractivity contribution is 0.214. The van der Waals surface area contributed by atoms with Gasteiger partial charge in [0.15, 0.2) is 0 Å². The van der Waals surface area contributed by atoms with Crippen LogP contribution in [0.15, 0.2) is 103 Å². The van der Waals surface area contributed by atoms with Gasteiger partial charge in [0.25, 0.3) is 0 Å². The Hall–Kier alpha value is -3.53. The standard InChI is InChI=1S/C27H25O5P/c1-30-22-17-18-25(26(19-22)31-2)27(28)20-13-15-21(16-14-20)32-33(29,23-9-5-3-6-10-23)24-11-7-4-8-12-24/h3-19,27-28H,1-2H3. The quantitative estimate of drug-likeness (QED) is 0.371. The summed E-state index contributed by atoms with van der Waals surface area (Å²) in [7, 11) is -0.236. The summed E-state index contributed by atoms with van der Waals surface area (Å²) in [4.78, 5) is 0. The number of benzene rings is 4. The highest BCUT2D eigenvalue weighted by Crippen LogP contribution is 2.45. The molecular formula is C27H25O5P. The predicted molar refractivity (Wildman–Crippen MR) is 130 cm³/mol. The second-order valence-electron chi connectivity index (χ2n) is 7.39. The molecule has 0 saturated carbocycles. The van der Waals surface area contributed by atoms with Crippen molar-refractivity contribution in [2.24, 2.45) is 0 Å². The van der Waals surface area contributed by atoms with E-state index in [2.05, 4.69) is 0 Å². The van der Waals surface area contributed by atoms with Gasteiger partial charge in [0.2, 0.25) is 0 Å². The van der Waals surface area contributed by atoms with Crippen LogP contribution in [0.4, 0.5) is 0 Å². The van der Waals surface area contributed by atoms with Crippen molar-refractivity contribution in [3.63, 3.8) is 0 Å². The molecule has 0 radical (unpaired) electrons. The monoisotopic (exact) mass is 460 g/mol. The van der Waals surface area contributed by atoms with Crippen molar-refractivity contribution < 1.29 is 23.7 Å². The molecule has 0 fully saturated rings. The number of methoxy groups -OCH3 is 2. The van der Waals surface area contributed by atoms with Gasteiger partial charge in [0, 0.05) is 11.6 Å². The molecule has 33 heavy (non-hydrogen) atoms. The largest absolute Gasteiger partial charge is 0.497 e. The molecule has 4 rings (SSSR count). The maximum Gasteiger partial charge on any atom is 0.306 e. The van der Waals surface area contributed by atoms with E-state index in [1.807, 2.05) is 60.7 Å². The van der Waals surface area contributed by atoms with Crippen molar-refractivity contribution in [2.45, 2.75) is 6.10 Å². The van der Waals surface area contributed by atoms with E-state index in [1.54, 1.807) is 56.7 Å². The number of hydrogen-bond donors (Lipinski definition) is 1. The van der Waals surface area contributed by atoms with Gasteiger partial charge in [-0.15, -0.1) is 0 Å². The summed E-state index contributed by atoms with van der Waals surface area (Å²) in [6, 6.07) is 30.6. The minimum Gasteiger partial charge on any atom is -0.497 e. The molecule has 0 saturated heterocycles. The lowest BCUT2D eigenvalue weighted by Gasteiger charge is -2.21. The Morgan fingerprint density at radius 2 is 1.24 bits per heavy atom. The average molecular weight is 460 g/mol. The smallest absolute Gasteiger partial charge is 0.306 e. The Morgan fingerprint density at radius 1 is 0.697 bits per heavy atom. The van der Waals surface area contributed by atoms with Crippen molar-refractivity contribution in [3.8, 4) is 17.2 Å². The van der Waals surface area contributed by atoms with Crippen LogP contribution >= 0.6 is 7.37 Å². The van der Waals surface area contributed by atoms with Gasteiger partial charge >= 0.3 is 7.37 Å². The van der Waals surface area contributed by atoms with Crippen molar-refractivity contribution in [2.75, 3.05) is 14.2 Å². The molecule has 4 aromatic carbocycles. The van der Waals surface area contributed by atoms with E-state index < -0.39 is 13.5 Å². The zero-order chi connectivity index (χ0) is 23.3. The first-order chi connectivity index (χ1) is 16.0. The van der Waals surface area contributed by atoms with Crippen LogP contribution in [0.2, 0.25) is 0 Å². The molecule has 0 amide bonds. The third-order valence-electron chi connectivity index (χ3n) is 5.36. The highest BCUT2D eigenvalue weighted by molar-refractivity contribution is 7.74.